The molecule has 1 fully saturated rings. The average molecular weight is 288 g/mol. The minimum atomic E-state index is -3.09. The number of benzene rings is 1. The van der Waals surface area contributed by atoms with Crippen molar-refractivity contribution < 1.29 is 8.42 Å². The molecule has 1 aromatic carbocycles. The van der Waals surface area contributed by atoms with Crippen LogP contribution >= 0.6 is 11.6 Å². The van der Waals surface area contributed by atoms with E-state index in [2.05, 4.69) is 0 Å². The number of halogens is 1. The second-order valence-corrected chi connectivity index (χ2v) is 7.28. The van der Waals surface area contributed by atoms with Crippen molar-refractivity contribution in [3.8, 4) is 0 Å². The van der Waals surface area contributed by atoms with E-state index < -0.39 is 10.0 Å². The Morgan fingerprint density at radius 3 is 2.50 bits per heavy atom. The van der Waals surface area contributed by atoms with Crippen LogP contribution in [0.1, 0.15) is 30.7 Å². The molecule has 3 nitrogen and oxygen atoms in total. The Kier molecular flexibility index (Phi) is 4.30. The van der Waals surface area contributed by atoms with E-state index in [-0.39, 0.29) is 5.92 Å². The minimum Gasteiger partial charge on any atom is -0.213 e. The predicted molar refractivity (Wildman–Crippen MR) is 74.5 cm³/mol. The first-order chi connectivity index (χ1) is 8.47. The van der Waals surface area contributed by atoms with E-state index >= 15 is 0 Å². The lowest BCUT2D eigenvalue weighted by Crippen LogP contribution is -2.33. The summed E-state index contributed by atoms with van der Waals surface area (Å²) < 4.78 is 24.9. The number of rotatable bonds is 2. The standard InChI is InChI=1S/C13H18ClNO2S/c1-18(16,17)15-9-3-2-4-12(10-15)11-5-7-13(14)8-6-11/h5-8,12H,2-4,9-10H2,1H3/t12-/m1/s1. The van der Waals surface area contributed by atoms with Gasteiger partial charge in [0.05, 0.1) is 6.26 Å². The summed E-state index contributed by atoms with van der Waals surface area (Å²) in [6, 6.07) is 7.73. The lowest BCUT2D eigenvalue weighted by Gasteiger charge is -2.22. The molecule has 0 bridgehead atoms. The van der Waals surface area contributed by atoms with Crippen LogP contribution in [0.25, 0.3) is 0 Å². The van der Waals surface area contributed by atoms with Gasteiger partial charge in [0, 0.05) is 18.1 Å². The summed E-state index contributed by atoms with van der Waals surface area (Å²) in [5.41, 5.74) is 1.18. The summed E-state index contributed by atoms with van der Waals surface area (Å²) in [4.78, 5) is 0. The van der Waals surface area contributed by atoms with E-state index in [0.29, 0.717) is 18.1 Å². The molecule has 1 heterocycles. The van der Waals surface area contributed by atoms with Crippen LogP contribution in [-0.2, 0) is 10.0 Å². The molecular weight excluding hydrogens is 270 g/mol. The van der Waals surface area contributed by atoms with E-state index in [9.17, 15) is 8.42 Å². The van der Waals surface area contributed by atoms with E-state index in [1.807, 2.05) is 24.3 Å². The molecule has 1 aromatic rings. The van der Waals surface area contributed by atoms with Gasteiger partial charge >= 0.3 is 0 Å². The van der Waals surface area contributed by atoms with Crippen molar-refractivity contribution >= 4 is 21.6 Å². The highest BCUT2D eigenvalue weighted by atomic mass is 35.5. The third-order valence-corrected chi connectivity index (χ3v) is 4.97. The fourth-order valence-electron chi connectivity index (χ4n) is 2.42. The minimum absolute atomic E-state index is 0.277. The number of hydrogen-bond acceptors (Lipinski definition) is 2. The fraction of sp³-hybridized carbons (Fsp3) is 0.538. The van der Waals surface area contributed by atoms with Gasteiger partial charge in [0.25, 0.3) is 0 Å². The normalized spacial score (nSPS) is 22.7. The number of nitrogens with zero attached hydrogens (tertiary/aromatic N) is 1. The molecule has 0 unspecified atom stereocenters. The van der Waals surface area contributed by atoms with Crippen molar-refractivity contribution in [2.75, 3.05) is 19.3 Å². The topological polar surface area (TPSA) is 37.4 Å². The molecule has 0 N–H and O–H groups in total. The first kappa shape index (κ1) is 13.8. The first-order valence-corrected chi connectivity index (χ1v) is 8.40. The Labute approximate surface area is 114 Å². The summed E-state index contributed by atoms with van der Waals surface area (Å²) in [6.45, 7) is 1.23. The maximum atomic E-state index is 11.7. The Morgan fingerprint density at radius 2 is 1.89 bits per heavy atom. The molecule has 18 heavy (non-hydrogen) atoms. The first-order valence-electron chi connectivity index (χ1n) is 6.17. The van der Waals surface area contributed by atoms with Crippen molar-refractivity contribution in [1.29, 1.82) is 0 Å². The maximum Gasteiger partial charge on any atom is 0.211 e. The van der Waals surface area contributed by atoms with Crippen LogP contribution in [0.15, 0.2) is 24.3 Å². The molecule has 0 saturated carbocycles. The van der Waals surface area contributed by atoms with Gasteiger partial charge in [0.2, 0.25) is 10.0 Å². The smallest absolute Gasteiger partial charge is 0.211 e. The van der Waals surface area contributed by atoms with Crippen LogP contribution in [0.3, 0.4) is 0 Å². The Morgan fingerprint density at radius 1 is 1.22 bits per heavy atom. The largest absolute Gasteiger partial charge is 0.213 e. The van der Waals surface area contributed by atoms with Gasteiger partial charge in [-0.15, -0.1) is 0 Å². The Balaban J connectivity index is 2.19. The van der Waals surface area contributed by atoms with Crippen LogP contribution in [0.5, 0.6) is 0 Å². The average Bonchev–Trinajstić information content (AvgIpc) is 2.55. The van der Waals surface area contributed by atoms with Gasteiger partial charge in [0.15, 0.2) is 0 Å². The second kappa shape index (κ2) is 5.59. The van der Waals surface area contributed by atoms with Crippen LogP contribution in [0.2, 0.25) is 5.02 Å². The van der Waals surface area contributed by atoms with Gasteiger partial charge < -0.3 is 0 Å². The van der Waals surface area contributed by atoms with Crippen LogP contribution in [0.4, 0.5) is 0 Å². The molecule has 1 atom stereocenters. The number of sulfonamides is 1. The van der Waals surface area contributed by atoms with Gasteiger partial charge in [-0.1, -0.05) is 30.2 Å². The van der Waals surface area contributed by atoms with Gasteiger partial charge in [-0.2, -0.15) is 0 Å². The highest BCUT2D eigenvalue weighted by Crippen LogP contribution is 2.28. The summed E-state index contributed by atoms with van der Waals surface area (Å²) in [5, 5.41) is 0.715. The molecule has 1 aliphatic heterocycles. The Bertz CT molecular complexity index is 498. The van der Waals surface area contributed by atoms with Crippen molar-refractivity contribution in [2.24, 2.45) is 0 Å². The fourth-order valence-corrected chi connectivity index (χ4v) is 3.45. The molecule has 100 valence electrons. The van der Waals surface area contributed by atoms with Crippen LogP contribution in [-0.4, -0.2) is 32.1 Å². The highest BCUT2D eigenvalue weighted by molar-refractivity contribution is 7.88. The molecule has 0 amide bonds. The number of hydrogen-bond donors (Lipinski definition) is 0. The summed E-state index contributed by atoms with van der Waals surface area (Å²) >= 11 is 5.88. The zero-order valence-corrected chi connectivity index (χ0v) is 12.0. The molecule has 5 heteroatoms. The van der Waals surface area contributed by atoms with Gasteiger partial charge in [0.1, 0.15) is 0 Å². The third kappa shape index (κ3) is 3.46. The molecule has 0 aliphatic carbocycles. The zero-order valence-electron chi connectivity index (χ0n) is 10.5. The third-order valence-electron chi connectivity index (χ3n) is 3.44. The predicted octanol–water partition coefficient (Wildman–Crippen LogP) is 2.87. The quantitative estimate of drug-likeness (QED) is 0.839. The lowest BCUT2D eigenvalue weighted by molar-refractivity contribution is 0.410. The summed E-state index contributed by atoms with van der Waals surface area (Å²) in [6.07, 6.45) is 4.33. The van der Waals surface area contributed by atoms with Crippen molar-refractivity contribution in [2.45, 2.75) is 25.2 Å². The highest BCUT2D eigenvalue weighted by Gasteiger charge is 2.24. The molecule has 1 aliphatic rings. The van der Waals surface area contributed by atoms with Crippen LogP contribution < -0.4 is 0 Å². The van der Waals surface area contributed by atoms with Crippen LogP contribution in [0, 0.1) is 0 Å². The second-order valence-electron chi connectivity index (χ2n) is 4.87. The zero-order chi connectivity index (χ0) is 13.2. The molecular formula is C13H18ClNO2S. The van der Waals surface area contributed by atoms with Crippen molar-refractivity contribution in [3.05, 3.63) is 34.9 Å². The Hall–Kier alpha value is -0.580. The van der Waals surface area contributed by atoms with E-state index in [1.54, 1.807) is 4.31 Å². The molecule has 2 rings (SSSR count). The molecule has 0 spiro atoms. The molecule has 1 saturated heterocycles. The van der Waals surface area contributed by atoms with E-state index in [1.165, 1.54) is 11.8 Å². The van der Waals surface area contributed by atoms with Gasteiger partial charge in [-0.3, -0.25) is 0 Å². The van der Waals surface area contributed by atoms with E-state index in [4.69, 9.17) is 11.6 Å². The SMILES string of the molecule is CS(=O)(=O)N1CCCC[C@@H](c2ccc(Cl)cc2)C1. The van der Waals surface area contributed by atoms with Gasteiger partial charge in [-0.05, 0) is 36.5 Å². The van der Waals surface area contributed by atoms with Gasteiger partial charge in [-0.25, -0.2) is 12.7 Å². The molecule has 0 radical (unpaired) electrons. The molecule has 0 aromatic heterocycles. The van der Waals surface area contributed by atoms with Crippen molar-refractivity contribution in [1.82, 2.24) is 4.31 Å². The monoisotopic (exact) mass is 287 g/mol. The lowest BCUT2D eigenvalue weighted by atomic mass is 9.95. The van der Waals surface area contributed by atoms with Crippen molar-refractivity contribution in [3.63, 3.8) is 0 Å². The summed E-state index contributed by atoms with van der Waals surface area (Å²) in [5.74, 6) is 0.277. The summed E-state index contributed by atoms with van der Waals surface area (Å²) in [7, 11) is -3.09. The van der Waals surface area contributed by atoms with E-state index in [0.717, 1.165) is 19.3 Å². The maximum absolute atomic E-state index is 11.7.